The summed E-state index contributed by atoms with van der Waals surface area (Å²) in [5, 5.41) is 1.16. The molecule has 2 aromatic heterocycles. The van der Waals surface area contributed by atoms with E-state index in [2.05, 4.69) is 50.6 Å². The van der Waals surface area contributed by atoms with E-state index in [1.165, 1.54) is 22.3 Å². The summed E-state index contributed by atoms with van der Waals surface area (Å²) in [6, 6.07) is 16.5. The minimum atomic E-state index is 0.144. The molecule has 4 aromatic rings. The van der Waals surface area contributed by atoms with Gasteiger partial charge in [-0.2, -0.15) is 0 Å². The molecule has 0 N–H and O–H groups in total. The lowest BCUT2D eigenvalue weighted by Gasteiger charge is -2.30. The number of aromatic nitrogens is 3. The van der Waals surface area contributed by atoms with E-state index in [1.807, 2.05) is 36.1 Å². The van der Waals surface area contributed by atoms with Crippen LogP contribution in [0, 0.1) is 5.92 Å². The smallest absolute Gasteiger partial charge is 0.253 e. The van der Waals surface area contributed by atoms with Gasteiger partial charge < -0.3 is 19.1 Å². The van der Waals surface area contributed by atoms with Crippen LogP contribution in [0.25, 0.3) is 10.9 Å². The highest BCUT2D eigenvalue weighted by molar-refractivity contribution is 5.99. The fourth-order valence-electron chi connectivity index (χ4n) is 5.82. The van der Waals surface area contributed by atoms with Gasteiger partial charge in [0.05, 0.1) is 6.61 Å². The Bertz CT molecular complexity index is 1420. The molecule has 2 aromatic carbocycles. The lowest BCUT2D eigenvalue weighted by atomic mass is 9.98. The molecule has 38 heavy (non-hydrogen) atoms. The third-order valence-electron chi connectivity index (χ3n) is 7.98. The van der Waals surface area contributed by atoms with E-state index in [1.54, 1.807) is 12.4 Å². The number of benzene rings is 2. The number of fused-ring (bicyclic) bond motifs is 3. The number of carbonyl (C=O) groups excluding carboxylic acids is 1. The summed E-state index contributed by atoms with van der Waals surface area (Å²) >= 11 is 0. The first-order chi connectivity index (χ1) is 18.6. The Labute approximate surface area is 224 Å². The summed E-state index contributed by atoms with van der Waals surface area (Å²) in [7, 11) is 0. The number of hydrogen-bond acceptors (Lipinski definition) is 5. The zero-order valence-electron chi connectivity index (χ0n) is 22.3. The third-order valence-corrected chi connectivity index (χ3v) is 7.98. The van der Waals surface area contributed by atoms with Crippen LogP contribution in [-0.4, -0.2) is 51.6 Å². The fourth-order valence-corrected chi connectivity index (χ4v) is 5.82. The Morgan fingerprint density at radius 2 is 1.79 bits per heavy atom. The van der Waals surface area contributed by atoms with Crippen molar-refractivity contribution < 1.29 is 9.53 Å². The number of rotatable bonds is 6. The van der Waals surface area contributed by atoms with E-state index in [0.29, 0.717) is 12.5 Å². The van der Waals surface area contributed by atoms with E-state index >= 15 is 0 Å². The number of hydrogen-bond donors (Lipinski definition) is 0. The highest BCUT2D eigenvalue weighted by Gasteiger charge is 2.27. The largest absolute Gasteiger partial charge is 0.494 e. The molecule has 6 rings (SSSR count). The molecule has 0 saturated carbocycles. The maximum Gasteiger partial charge on any atom is 0.253 e. The first-order valence-corrected chi connectivity index (χ1v) is 13.8. The van der Waals surface area contributed by atoms with Gasteiger partial charge >= 0.3 is 0 Å². The average Bonchev–Trinajstić information content (AvgIpc) is 3.26. The molecule has 0 unspecified atom stereocenters. The highest BCUT2D eigenvalue weighted by Crippen LogP contribution is 2.34. The number of amides is 1. The summed E-state index contributed by atoms with van der Waals surface area (Å²) in [6.45, 7) is 8.98. The van der Waals surface area contributed by atoms with Crippen molar-refractivity contribution in [1.29, 1.82) is 0 Å². The molecule has 2 aliphatic rings. The van der Waals surface area contributed by atoms with E-state index in [9.17, 15) is 4.79 Å². The van der Waals surface area contributed by atoms with Crippen molar-refractivity contribution in [1.82, 2.24) is 19.4 Å². The summed E-state index contributed by atoms with van der Waals surface area (Å²) < 4.78 is 8.07. The van der Waals surface area contributed by atoms with Gasteiger partial charge in [-0.1, -0.05) is 19.1 Å². The Hall–Kier alpha value is -3.87. The molecule has 1 amide bonds. The van der Waals surface area contributed by atoms with Crippen LogP contribution in [0.1, 0.15) is 53.9 Å². The summed E-state index contributed by atoms with van der Waals surface area (Å²) in [5.41, 5.74) is 5.78. The van der Waals surface area contributed by atoms with Crippen LogP contribution >= 0.6 is 0 Å². The van der Waals surface area contributed by atoms with Crippen molar-refractivity contribution in [3.8, 4) is 5.75 Å². The monoisotopic (exact) mass is 509 g/mol. The number of nitrogens with zero attached hydrogens (tertiary/aromatic N) is 5. The molecule has 2 aliphatic heterocycles. The second-order valence-electron chi connectivity index (χ2n) is 10.5. The standard InChI is InChI=1S/C31H35N5O2/c1-3-38-25-8-5-23(6-9-25)20-36-28-10-7-24(30(37)34-16-11-22(2)12-17-34)19-26(28)27-21-35(18-13-29(27)36)31-32-14-4-15-33-31/h4-10,14-15,19,22H,3,11-13,16-18,20-21H2,1-2H3. The van der Waals surface area contributed by atoms with Crippen molar-refractivity contribution in [2.45, 2.75) is 46.2 Å². The van der Waals surface area contributed by atoms with Gasteiger partial charge in [0.1, 0.15) is 5.75 Å². The number of likely N-dealkylation sites (tertiary alicyclic amines) is 1. The van der Waals surface area contributed by atoms with Gasteiger partial charge in [0.2, 0.25) is 5.95 Å². The third kappa shape index (κ3) is 4.73. The molecule has 0 radical (unpaired) electrons. The van der Waals surface area contributed by atoms with Crippen LogP contribution in [0.4, 0.5) is 5.95 Å². The van der Waals surface area contributed by atoms with Crippen LogP contribution in [-0.2, 0) is 19.5 Å². The maximum atomic E-state index is 13.5. The number of piperidine rings is 1. The highest BCUT2D eigenvalue weighted by atomic mass is 16.5. The van der Waals surface area contributed by atoms with Gasteiger partial charge in [-0.05, 0) is 67.6 Å². The normalized spacial score (nSPS) is 16.1. The predicted octanol–water partition coefficient (Wildman–Crippen LogP) is 5.31. The first-order valence-electron chi connectivity index (χ1n) is 13.8. The van der Waals surface area contributed by atoms with Gasteiger partial charge in [-0.3, -0.25) is 4.79 Å². The summed E-state index contributed by atoms with van der Waals surface area (Å²) in [6.07, 6.45) is 6.64. The molecular weight excluding hydrogens is 474 g/mol. The lowest BCUT2D eigenvalue weighted by Crippen LogP contribution is -2.37. The van der Waals surface area contributed by atoms with Gasteiger partial charge in [0, 0.05) is 79.3 Å². The topological polar surface area (TPSA) is 63.5 Å². The molecule has 0 aliphatic carbocycles. The van der Waals surface area contributed by atoms with Crippen molar-refractivity contribution in [3.63, 3.8) is 0 Å². The first kappa shape index (κ1) is 24.5. The van der Waals surface area contributed by atoms with E-state index in [0.717, 1.165) is 74.6 Å². The second-order valence-corrected chi connectivity index (χ2v) is 10.5. The van der Waals surface area contributed by atoms with E-state index < -0.39 is 0 Å². The van der Waals surface area contributed by atoms with Gasteiger partial charge in [0.15, 0.2) is 0 Å². The van der Waals surface area contributed by atoms with Crippen LogP contribution in [0.2, 0.25) is 0 Å². The minimum Gasteiger partial charge on any atom is -0.494 e. The van der Waals surface area contributed by atoms with Crippen molar-refractivity contribution >= 4 is 22.8 Å². The molecule has 0 spiro atoms. The molecule has 0 atom stereocenters. The SMILES string of the molecule is CCOc1ccc(Cn2c3c(c4cc(C(=O)N5CCC(C)CC5)ccc42)CN(c2ncccn2)CC3)cc1. The minimum absolute atomic E-state index is 0.144. The Morgan fingerprint density at radius 3 is 2.53 bits per heavy atom. The van der Waals surface area contributed by atoms with Crippen LogP contribution < -0.4 is 9.64 Å². The van der Waals surface area contributed by atoms with E-state index in [-0.39, 0.29) is 5.91 Å². The molecule has 7 heteroatoms. The average molecular weight is 510 g/mol. The Kier molecular flexibility index (Phi) is 6.75. The maximum absolute atomic E-state index is 13.5. The number of ether oxygens (including phenoxy) is 1. The van der Waals surface area contributed by atoms with E-state index in [4.69, 9.17) is 4.74 Å². The van der Waals surface area contributed by atoms with Crippen LogP contribution in [0.5, 0.6) is 5.75 Å². The molecule has 1 fully saturated rings. The molecule has 7 nitrogen and oxygen atoms in total. The van der Waals surface area contributed by atoms with Gasteiger partial charge in [-0.15, -0.1) is 0 Å². The van der Waals surface area contributed by atoms with Gasteiger partial charge in [-0.25, -0.2) is 9.97 Å². The van der Waals surface area contributed by atoms with Crippen molar-refractivity contribution in [2.75, 3.05) is 31.1 Å². The summed E-state index contributed by atoms with van der Waals surface area (Å²) in [5.74, 6) is 2.48. The van der Waals surface area contributed by atoms with Crippen molar-refractivity contribution in [2.24, 2.45) is 5.92 Å². The zero-order chi connectivity index (χ0) is 26.1. The summed E-state index contributed by atoms with van der Waals surface area (Å²) in [4.78, 5) is 26.7. The second kappa shape index (κ2) is 10.5. The Balaban J connectivity index is 1.38. The molecule has 0 bridgehead atoms. The zero-order valence-corrected chi connectivity index (χ0v) is 22.3. The van der Waals surface area contributed by atoms with Crippen LogP contribution in [0.3, 0.4) is 0 Å². The fraction of sp³-hybridized carbons (Fsp3) is 0.387. The Morgan fingerprint density at radius 1 is 1.03 bits per heavy atom. The molecule has 196 valence electrons. The molecular formula is C31H35N5O2. The quantitative estimate of drug-likeness (QED) is 0.352. The lowest BCUT2D eigenvalue weighted by molar-refractivity contribution is 0.0697. The number of carbonyl (C=O) groups is 1. The molecule has 1 saturated heterocycles. The van der Waals surface area contributed by atoms with Gasteiger partial charge in [0.25, 0.3) is 5.91 Å². The van der Waals surface area contributed by atoms with Crippen molar-refractivity contribution in [3.05, 3.63) is 83.3 Å². The number of anilines is 1. The molecule has 4 heterocycles. The predicted molar refractivity (Wildman–Crippen MR) is 150 cm³/mol. The van der Waals surface area contributed by atoms with Crippen LogP contribution in [0.15, 0.2) is 60.9 Å².